The Morgan fingerprint density at radius 2 is 2.00 bits per heavy atom. The van der Waals surface area contributed by atoms with Crippen molar-refractivity contribution in [2.75, 3.05) is 7.11 Å². The van der Waals surface area contributed by atoms with E-state index in [4.69, 9.17) is 4.74 Å². The average Bonchev–Trinajstić information content (AvgIpc) is 2.66. The van der Waals surface area contributed by atoms with Crippen molar-refractivity contribution in [2.45, 2.75) is 31.3 Å². The van der Waals surface area contributed by atoms with Crippen molar-refractivity contribution < 1.29 is 9.84 Å². The quantitative estimate of drug-likeness (QED) is 0.894. The largest absolute Gasteiger partial charge is 0.496 e. The number of methoxy groups -OCH3 is 1. The van der Waals surface area contributed by atoms with Crippen molar-refractivity contribution in [3.05, 3.63) is 28.2 Å². The molecule has 0 spiro atoms. The third kappa shape index (κ3) is 1.91. The Hall–Kier alpha value is -0.540. The van der Waals surface area contributed by atoms with E-state index < -0.39 is 5.60 Å². The lowest BCUT2D eigenvalue weighted by Gasteiger charge is -2.24. The molecule has 2 rings (SSSR count). The molecule has 1 aromatic rings. The van der Waals surface area contributed by atoms with Gasteiger partial charge in [-0.15, -0.1) is 0 Å². The van der Waals surface area contributed by atoms with Crippen LogP contribution >= 0.6 is 15.9 Å². The second-order valence-corrected chi connectivity index (χ2v) is 4.85. The Labute approximate surface area is 98.4 Å². The maximum absolute atomic E-state index is 10.5. The molecule has 1 aromatic carbocycles. The number of hydrogen-bond donors (Lipinski definition) is 1. The van der Waals surface area contributed by atoms with Crippen LogP contribution in [0.4, 0.5) is 0 Å². The molecule has 0 aromatic heterocycles. The fraction of sp³-hybridized carbons (Fsp3) is 0.500. The Balaban J connectivity index is 2.43. The van der Waals surface area contributed by atoms with Gasteiger partial charge in [-0.1, -0.05) is 25.0 Å². The first-order valence-electron chi connectivity index (χ1n) is 5.23. The van der Waals surface area contributed by atoms with Gasteiger partial charge in [0.15, 0.2) is 0 Å². The Bertz CT molecular complexity index is 357. The van der Waals surface area contributed by atoms with Crippen LogP contribution in [0.2, 0.25) is 0 Å². The molecule has 0 aliphatic heterocycles. The van der Waals surface area contributed by atoms with Crippen LogP contribution in [0.25, 0.3) is 0 Å². The van der Waals surface area contributed by atoms with E-state index in [2.05, 4.69) is 15.9 Å². The summed E-state index contributed by atoms with van der Waals surface area (Å²) in [5.41, 5.74) is 0.298. The van der Waals surface area contributed by atoms with Gasteiger partial charge in [-0.05, 0) is 34.8 Å². The SMILES string of the molecule is COc1cccc(C2(O)CCCC2)c1Br. The van der Waals surface area contributed by atoms with Crippen LogP contribution in [0.5, 0.6) is 5.75 Å². The molecule has 15 heavy (non-hydrogen) atoms. The fourth-order valence-corrected chi connectivity index (χ4v) is 3.05. The van der Waals surface area contributed by atoms with Gasteiger partial charge in [0.25, 0.3) is 0 Å². The minimum atomic E-state index is -0.659. The number of ether oxygens (including phenoxy) is 1. The third-order valence-electron chi connectivity index (χ3n) is 3.12. The summed E-state index contributed by atoms with van der Waals surface area (Å²) in [6.45, 7) is 0. The third-order valence-corrected chi connectivity index (χ3v) is 3.93. The minimum absolute atomic E-state index is 0.659. The van der Waals surface area contributed by atoms with E-state index in [1.165, 1.54) is 0 Å². The van der Waals surface area contributed by atoms with Gasteiger partial charge in [-0.25, -0.2) is 0 Å². The summed E-state index contributed by atoms with van der Waals surface area (Å²) in [7, 11) is 1.64. The summed E-state index contributed by atoms with van der Waals surface area (Å²) in [4.78, 5) is 0. The molecule has 82 valence electrons. The standard InChI is InChI=1S/C12H15BrO2/c1-15-10-6-4-5-9(11(10)13)12(14)7-2-3-8-12/h4-6,14H,2-3,7-8H2,1H3. The van der Waals surface area contributed by atoms with Crippen molar-refractivity contribution in [2.24, 2.45) is 0 Å². The van der Waals surface area contributed by atoms with Crippen LogP contribution in [0.1, 0.15) is 31.2 Å². The van der Waals surface area contributed by atoms with Gasteiger partial charge in [-0.3, -0.25) is 0 Å². The van der Waals surface area contributed by atoms with Gasteiger partial charge in [-0.2, -0.15) is 0 Å². The molecule has 2 nitrogen and oxygen atoms in total. The average molecular weight is 271 g/mol. The number of benzene rings is 1. The molecule has 1 N–H and O–H groups in total. The summed E-state index contributed by atoms with van der Waals surface area (Å²) in [5.74, 6) is 0.785. The molecule has 1 fully saturated rings. The summed E-state index contributed by atoms with van der Waals surface area (Å²) in [6.07, 6.45) is 3.89. The molecule has 0 unspecified atom stereocenters. The predicted molar refractivity (Wildman–Crippen MR) is 63.1 cm³/mol. The van der Waals surface area contributed by atoms with Crippen LogP contribution in [0.15, 0.2) is 22.7 Å². The maximum Gasteiger partial charge on any atom is 0.133 e. The van der Waals surface area contributed by atoms with Gasteiger partial charge in [0.2, 0.25) is 0 Å². The number of halogens is 1. The highest BCUT2D eigenvalue weighted by Crippen LogP contribution is 2.43. The molecule has 0 amide bonds. The van der Waals surface area contributed by atoms with Crippen molar-refractivity contribution in [3.8, 4) is 5.75 Å². The van der Waals surface area contributed by atoms with Crippen molar-refractivity contribution in [3.63, 3.8) is 0 Å². The van der Waals surface area contributed by atoms with Crippen LogP contribution in [0.3, 0.4) is 0 Å². The zero-order chi connectivity index (χ0) is 10.9. The highest BCUT2D eigenvalue weighted by atomic mass is 79.9. The maximum atomic E-state index is 10.5. The topological polar surface area (TPSA) is 29.5 Å². The Morgan fingerprint density at radius 1 is 1.33 bits per heavy atom. The molecule has 0 radical (unpaired) electrons. The Kier molecular flexibility index (Phi) is 3.03. The van der Waals surface area contributed by atoms with Gasteiger partial charge < -0.3 is 9.84 Å². The fourth-order valence-electron chi connectivity index (χ4n) is 2.26. The summed E-state index contributed by atoms with van der Waals surface area (Å²) in [6, 6.07) is 5.79. The molecular weight excluding hydrogens is 256 g/mol. The predicted octanol–water partition coefficient (Wildman–Crippen LogP) is 3.22. The van der Waals surface area contributed by atoms with E-state index >= 15 is 0 Å². The summed E-state index contributed by atoms with van der Waals surface area (Å²) < 4.78 is 6.12. The van der Waals surface area contributed by atoms with Crippen LogP contribution in [-0.4, -0.2) is 12.2 Å². The van der Waals surface area contributed by atoms with Crippen molar-refractivity contribution in [1.82, 2.24) is 0 Å². The summed E-state index contributed by atoms with van der Waals surface area (Å²) in [5, 5.41) is 10.5. The molecule has 0 atom stereocenters. The number of hydrogen-bond acceptors (Lipinski definition) is 2. The summed E-state index contributed by atoms with van der Waals surface area (Å²) >= 11 is 3.50. The van der Waals surface area contributed by atoms with Crippen LogP contribution < -0.4 is 4.74 Å². The smallest absolute Gasteiger partial charge is 0.133 e. The zero-order valence-corrected chi connectivity index (χ0v) is 10.4. The van der Waals surface area contributed by atoms with Crippen LogP contribution in [-0.2, 0) is 5.60 Å². The second-order valence-electron chi connectivity index (χ2n) is 4.06. The first-order chi connectivity index (χ1) is 7.17. The number of aliphatic hydroxyl groups is 1. The van der Waals surface area contributed by atoms with Crippen molar-refractivity contribution >= 4 is 15.9 Å². The highest BCUT2D eigenvalue weighted by molar-refractivity contribution is 9.10. The number of rotatable bonds is 2. The van der Waals surface area contributed by atoms with E-state index in [9.17, 15) is 5.11 Å². The normalized spacial score (nSPS) is 19.1. The monoisotopic (exact) mass is 270 g/mol. The molecule has 1 aliphatic carbocycles. The molecule has 3 heteroatoms. The second kappa shape index (κ2) is 4.14. The van der Waals surface area contributed by atoms with E-state index in [-0.39, 0.29) is 0 Å². The molecule has 1 aliphatic rings. The lowest BCUT2D eigenvalue weighted by Crippen LogP contribution is -2.21. The lowest BCUT2D eigenvalue weighted by atomic mass is 9.92. The van der Waals surface area contributed by atoms with Crippen LogP contribution in [0, 0.1) is 0 Å². The molecule has 1 saturated carbocycles. The molecule has 0 saturated heterocycles. The van der Waals surface area contributed by atoms with Gasteiger partial charge in [0.1, 0.15) is 5.75 Å². The highest BCUT2D eigenvalue weighted by Gasteiger charge is 2.35. The molecule has 0 bridgehead atoms. The van der Waals surface area contributed by atoms with Crippen molar-refractivity contribution in [1.29, 1.82) is 0 Å². The van der Waals surface area contributed by atoms with E-state index in [1.807, 2.05) is 18.2 Å². The Morgan fingerprint density at radius 3 is 2.60 bits per heavy atom. The minimum Gasteiger partial charge on any atom is -0.496 e. The van der Waals surface area contributed by atoms with Gasteiger partial charge in [0.05, 0.1) is 17.2 Å². The van der Waals surface area contributed by atoms with E-state index in [0.29, 0.717) is 0 Å². The molecular formula is C12H15BrO2. The van der Waals surface area contributed by atoms with E-state index in [0.717, 1.165) is 41.5 Å². The zero-order valence-electron chi connectivity index (χ0n) is 8.79. The van der Waals surface area contributed by atoms with E-state index in [1.54, 1.807) is 7.11 Å². The van der Waals surface area contributed by atoms with Gasteiger partial charge in [0, 0.05) is 5.56 Å². The lowest BCUT2D eigenvalue weighted by molar-refractivity contribution is 0.0435. The van der Waals surface area contributed by atoms with Gasteiger partial charge >= 0.3 is 0 Å². The first kappa shape index (κ1) is 11.0. The molecule has 0 heterocycles. The first-order valence-corrected chi connectivity index (χ1v) is 6.02.